The Morgan fingerprint density at radius 2 is 2.12 bits per heavy atom. The molecule has 2 rings (SSSR count). The lowest BCUT2D eigenvalue weighted by Gasteiger charge is -2.31. The zero-order chi connectivity index (χ0) is 19.1. The van der Waals surface area contributed by atoms with E-state index in [-0.39, 0.29) is 18.5 Å². The molecule has 0 aromatic heterocycles. The standard InChI is InChI=1S/C20H31N3O3/c1-4-9-22(11-12-24)20(26)21-18-8-7-17(13-16(18)3)19(25)23-10-5-6-15(2)14-23/h7-8,13,15,24H,4-6,9-12,14H2,1-3H3,(H,21,26). The summed E-state index contributed by atoms with van der Waals surface area (Å²) in [6, 6.07) is 5.18. The maximum atomic E-state index is 12.7. The van der Waals surface area contributed by atoms with Crippen LogP contribution in [-0.2, 0) is 0 Å². The lowest BCUT2D eigenvalue weighted by Crippen LogP contribution is -2.39. The number of urea groups is 1. The van der Waals surface area contributed by atoms with Gasteiger partial charge in [0.15, 0.2) is 0 Å². The van der Waals surface area contributed by atoms with E-state index in [1.54, 1.807) is 17.0 Å². The normalized spacial score (nSPS) is 17.1. The number of benzene rings is 1. The fourth-order valence-corrected chi connectivity index (χ4v) is 3.39. The van der Waals surface area contributed by atoms with E-state index in [4.69, 9.17) is 5.11 Å². The lowest BCUT2D eigenvalue weighted by molar-refractivity contribution is 0.0683. The molecule has 1 atom stereocenters. The van der Waals surface area contributed by atoms with Gasteiger partial charge in [0.1, 0.15) is 0 Å². The molecule has 1 aliphatic heterocycles. The number of hydrogen-bond acceptors (Lipinski definition) is 3. The maximum absolute atomic E-state index is 12.7. The first-order valence-corrected chi connectivity index (χ1v) is 9.53. The van der Waals surface area contributed by atoms with Gasteiger partial charge in [-0.1, -0.05) is 13.8 Å². The first-order chi connectivity index (χ1) is 12.5. The van der Waals surface area contributed by atoms with E-state index in [9.17, 15) is 9.59 Å². The van der Waals surface area contributed by atoms with Crippen LogP contribution in [0.2, 0.25) is 0 Å². The van der Waals surface area contributed by atoms with Crippen LogP contribution in [0, 0.1) is 12.8 Å². The van der Waals surface area contributed by atoms with Gasteiger partial charge >= 0.3 is 6.03 Å². The molecule has 6 heteroatoms. The van der Waals surface area contributed by atoms with Crippen molar-refractivity contribution in [1.29, 1.82) is 0 Å². The van der Waals surface area contributed by atoms with E-state index < -0.39 is 0 Å². The molecule has 1 aromatic carbocycles. The number of nitrogens with zero attached hydrogens (tertiary/aromatic N) is 2. The molecule has 0 spiro atoms. The second kappa shape index (κ2) is 9.57. The average Bonchev–Trinajstić information content (AvgIpc) is 2.62. The Morgan fingerprint density at radius 1 is 1.35 bits per heavy atom. The molecule has 3 amide bonds. The van der Waals surface area contributed by atoms with Gasteiger partial charge in [0, 0.05) is 37.4 Å². The summed E-state index contributed by atoms with van der Waals surface area (Å²) in [5.41, 5.74) is 2.21. The van der Waals surface area contributed by atoms with Crippen LogP contribution in [-0.4, -0.2) is 59.6 Å². The Morgan fingerprint density at radius 3 is 2.73 bits per heavy atom. The smallest absolute Gasteiger partial charge is 0.321 e. The molecule has 1 aromatic rings. The fraction of sp³-hybridized carbons (Fsp3) is 0.600. The Labute approximate surface area is 156 Å². The number of carbonyl (C=O) groups is 2. The van der Waals surface area contributed by atoms with Crippen molar-refractivity contribution in [1.82, 2.24) is 9.80 Å². The van der Waals surface area contributed by atoms with Crippen LogP contribution in [0.25, 0.3) is 0 Å². The largest absolute Gasteiger partial charge is 0.395 e. The number of amides is 3. The molecule has 0 radical (unpaired) electrons. The molecule has 144 valence electrons. The third-order valence-electron chi connectivity index (χ3n) is 4.81. The van der Waals surface area contributed by atoms with Crippen molar-refractivity contribution in [2.75, 3.05) is 38.1 Å². The highest BCUT2D eigenvalue weighted by Crippen LogP contribution is 2.21. The summed E-state index contributed by atoms with van der Waals surface area (Å²) >= 11 is 0. The molecule has 0 saturated carbocycles. The lowest BCUT2D eigenvalue weighted by atomic mass is 9.99. The van der Waals surface area contributed by atoms with Gasteiger partial charge < -0.3 is 20.2 Å². The van der Waals surface area contributed by atoms with E-state index in [1.165, 1.54) is 6.42 Å². The van der Waals surface area contributed by atoms with Crippen LogP contribution >= 0.6 is 0 Å². The van der Waals surface area contributed by atoms with E-state index >= 15 is 0 Å². The first-order valence-electron chi connectivity index (χ1n) is 9.53. The summed E-state index contributed by atoms with van der Waals surface area (Å²) in [5.74, 6) is 0.605. The molecule has 0 bridgehead atoms. The van der Waals surface area contributed by atoms with Crippen LogP contribution in [0.5, 0.6) is 0 Å². The minimum atomic E-state index is -0.229. The summed E-state index contributed by atoms with van der Waals surface area (Å²) in [4.78, 5) is 28.6. The van der Waals surface area contributed by atoms with Crippen molar-refractivity contribution in [2.45, 2.75) is 40.0 Å². The van der Waals surface area contributed by atoms with Crippen molar-refractivity contribution >= 4 is 17.6 Å². The monoisotopic (exact) mass is 361 g/mol. The van der Waals surface area contributed by atoms with Crippen LogP contribution in [0.15, 0.2) is 18.2 Å². The highest BCUT2D eigenvalue weighted by molar-refractivity contribution is 5.96. The first kappa shape index (κ1) is 20.2. The summed E-state index contributed by atoms with van der Waals surface area (Å²) in [6.45, 7) is 8.52. The van der Waals surface area contributed by atoms with Gasteiger partial charge in [-0.3, -0.25) is 4.79 Å². The summed E-state index contributed by atoms with van der Waals surface area (Å²) < 4.78 is 0. The van der Waals surface area contributed by atoms with Crippen molar-refractivity contribution < 1.29 is 14.7 Å². The SMILES string of the molecule is CCCN(CCO)C(=O)Nc1ccc(C(=O)N2CCCC(C)C2)cc1C. The van der Waals surface area contributed by atoms with Crippen molar-refractivity contribution in [3.8, 4) is 0 Å². The Balaban J connectivity index is 2.06. The molecule has 6 nitrogen and oxygen atoms in total. The van der Waals surface area contributed by atoms with E-state index in [1.807, 2.05) is 24.8 Å². The summed E-state index contributed by atoms with van der Waals surface area (Å²) in [6.07, 6.45) is 3.06. The van der Waals surface area contributed by atoms with Crippen molar-refractivity contribution in [3.63, 3.8) is 0 Å². The van der Waals surface area contributed by atoms with Gasteiger partial charge in [0.25, 0.3) is 5.91 Å². The molecular weight excluding hydrogens is 330 g/mol. The van der Waals surface area contributed by atoms with Crippen molar-refractivity contribution in [2.24, 2.45) is 5.92 Å². The molecule has 26 heavy (non-hydrogen) atoms. The van der Waals surface area contributed by atoms with Crippen LogP contribution in [0.1, 0.15) is 49.0 Å². The van der Waals surface area contributed by atoms with E-state index in [0.717, 1.165) is 31.5 Å². The number of anilines is 1. The van der Waals surface area contributed by atoms with E-state index in [0.29, 0.717) is 30.3 Å². The minimum absolute atomic E-state index is 0.0606. The minimum Gasteiger partial charge on any atom is -0.395 e. The van der Waals surface area contributed by atoms with E-state index in [2.05, 4.69) is 12.2 Å². The van der Waals surface area contributed by atoms with Gasteiger partial charge in [0.05, 0.1) is 6.61 Å². The number of aliphatic hydroxyl groups excluding tert-OH is 1. The second-order valence-electron chi connectivity index (χ2n) is 7.17. The molecule has 1 unspecified atom stereocenters. The molecule has 1 saturated heterocycles. The molecule has 1 heterocycles. The van der Waals surface area contributed by atoms with Gasteiger partial charge in [0.2, 0.25) is 0 Å². The van der Waals surface area contributed by atoms with Crippen molar-refractivity contribution in [3.05, 3.63) is 29.3 Å². The highest BCUT2D eigenvalue weighted by atomic mass is 16.3. The number of likely N-dealkylation sites (tertiary alicyclic amines) is 1. The molecule has 1 aliphatic rings. The Bertz CT molecular complexity index is 627. The Kier molecular flexibility index (Phi) is 7.45. The average molecular weight is 361 g/mol. The number of nitrogens with one attached hydrogen (secondary N) is 1. The molecule has 2 N–H and O–H groups in total. The summed E-state index contributed by atoms with van der Waals surface area (Å²) in [7, 11) is 0. The predicted molar refractivity (Wildman–Crippen MR) is 103 cm³/mol. The third kappa shape index (κ3) is 5.21. The second-order valence-corrected chi connectivity index (χ2v) is 7.17. The molecule has 0 aliphatic carbocycles. The maximum Gasteiger partial charge on any atom is 0.321 e. The highest BCUT2D eigenvalue weighted by Gasteiger charge is 2.22. The van der Waals surface area contributed by atoms with Gasteiger partial charge in [-0.25, -0.2) is 4.79 Å². The van der Waals surface area contributed by atoms with Gasteiger partial charge in [-0.15, -0.1) is 0 Å². The number of piperidine rings is 1. The third-order valence-corrected chi connectivity index (χ3v) is 4.81. The molecular formula is C20H31N3O3. The topological polar surface area (TPSA) is 72.9 Å². The number of hydrogen-bond donors (Lipinski definition) is 2. The zero-order valence-electron chi connectivity index (χ0n) is 16.1. The number of rotatable bonds is 6. The number of aryl methyl sites for hydroxylation is 1. The van der Waals surface area contributed by atoms with Crippen LogP contribution in [0.3, 0.4) is 0 Å². The predicted octanol–water partition coefficient (Wildman–Crippen LogP) is 3.10. The van der Waals surface area contributed by atoms with Gasteiger partial charge in [-0.05, 0) is 55.9 Å². The summed E-state index contributed by atoms with van der Waals surface area (Å²) in [5, 5.41) is 12.0. The van der Waals surface area contributed by atoms with Crippen LogP contribution < -0.4 is 5.32 Å². The molecule has 1 fully saturated rings. The quantitative estimate of drug-likeness (QED) is 0.818. The zero-order valence-corrected chi connectivity index (χ0v) is 16.1. The number of carbonyl (C=O) groups excluding carboxylic acids is 2. The van der Waals surface area contributed by atoms with Crippen LogP contribution in [0.4, 0.5) is 10.5 Å². The van der Waals surface area contributed by atoms with Gasteiger partial charge in [-0.2, -0.15) is 0 Å². The fourth-order valence-electron chi connectivity index (χ4n) is 3.39. The Hall–Kier alpha value is -2.08. The number of aliphatic hydroxyl groups is 1.